The average Bonchev–Trinajstić information content (AvgIpc) is 2.99. The van der Waals surface area contributed by atoms with Gasteiger partial charge in [0.1, 0.15) is 0 Å². The van der Waals surface area contributed by atoms with Crippen LogP contribution in [0.3, 0.4) is 0 Å². The molecule has 1 aromatic rings. The fraction of sp³-hybridized carbons (Fsp3) is 0.632. The summed E-state index contributed by atoms with van der Waals surface area (Å²) in [6.07, 6.45) is 3.71. The molecule has 5 heteroatoms. The molecule has 2 saturated heterocycles. The molecule has 2 fully saturated rings. The smallest absolute Gasteiger partial charge is 0.254 e. The zero-order chi connectivity index (χ0) is 16.9. The molecular formula is C19H29N3OS. The fourth-order valence-electron chi connectivity index (χ4n) is 3.59. The van der Waals surface area contributed by atoms with Gasteiger partial charge < -0.3 is 14.7 Å². The van der Waals surface area contributed by atoms with Crippen LogP contribution in [0.15, 0.2) is 24.3 Å². The van der Waals surface area contributed by atoms with Crippen molar-refractivity contribution in [3.63, 3.8) is 0 Å². The van der Waals surface area contributed by atoms with Crippen LogP contribution in [0.1, 0.15) is 29.6 Å². The summed E-state index contributed by atoms with van der Waals surface area (Å²) in [5.74, 6) is 2.43. The van der Waals surface area contributed by atoms with Crippen LogP contribution in [0.25, 0.3) is 0 Å². The van der Waals surface area contributed by atoms with Gasteiger partial charge in [0.15, 0.2) is 0 Å². The molecule has 2 heterocycles. The van der Waals surface area contributed by atoms with Gasteiger partial charge in [-0.25, -0.2) is 0 Å². The Morgan fingerprint density at radius 2 is 2.00 bits per heavy atom. The molecule has 24 heavy (non-hydrogen) atoms. The first-order chi connectivity index (χ1) is 11.6. The van der Waals surface area contributed by atoms with E-state index in [0.717, 1.165) is 42.3 Å². The molecule has 4 nitrogen and oxygen atoms in total. The molecule has 0 unspecified atom stereocenters. The fourth-order valence-corrected chi connectivity index (χ4v) is 4.65. The second kappa shape index (κ2) is 8.26. The van der Waals surface area contributed by atoms with Gasteiger partial charge in [-0.15, -0.1) is 0 Å². The molecule has 3 rings (SSSR count). The van der Waals surface area contributed by atoms with Gasteiger partial charge in [-0.3, -0.25) is 4.79 Å². The van der Waals surface area contributed by atoms with Crippen LogP contribution < -0.4 is 4.90 Å². The van der Waals surface area contributed by atoms with Crippen LogP contribution in [-0.4, -0.2) is 73.5 Å². The number of benzene rings is 1. The van der Waals surface area contributed by atoms with E-state index in [-0.39, 0.29) is 5.91 Å². The second-order valence-electron chi connectivity index (χ2n) is 7.03. The van der Waals surface area contributed by atoms with Gasteiger partial charge >= 0.3 is 0 Å². The number of likely N-dealkylation sites (tertiary alicyclic amines) is 1. The highest BCUT2D eigenvalue weighted by molar-refractivity contribution is 7.99. The normalized spacial score (nSPS) is 22.4. The number of carbonyl (C=O) groups excluding carboxylic acids is 1. The third kappa shape index (κ3) is 4.25. The van der Waals surface area contributed by atoms with E-state index >= 15 is 0 Å². The van der Waals surface area contributed by atoms with Crippen molar-refractivity contribution >= 4 is 23.4 Å². The quantitative estimate of drug-likeness (QED) is 0.837. The van der Waals surface area contributed by atoms with Crippen LogP contribution in [-0.2, 0) is 0 Å². The van der Waals surface area contributed by atoms with Gasteiger partial charge in [0, 0.05) is 44.2 Å². The molecule has 0 N–H and O–H groups in total. The van der Waals surface area contributed by atoms with E-state index < -0.39 is 0 Å². The van der Waals surface area contributed by atoms with Crippen LogP contribution in [0.5, 0.6) is 0 Å². The van der Waals surface area contributed by atoms with Crippen molar-refractivity contribution in [2.45, 2.75) is 25.3 Å². The number of anilines is 1. The Morgan fingerprint density at radius 1 is 1.21 bits per heavy atom. The van der Waals surface area contributed by atoms with Gasteiger partial charge in [0.05, 0.1) is 6.04 Å². The van der Waals surface area contributed by atoms with Crippen molar-refractivity contribution in [2.24, 2.45) is 0 Å². The number of amides is 1. The van der Waals surface area contributed by atoms with E-state index in [9.17, 15) is 4.79 Å². The van der Waals surface area contributed by atoms with Gasteiger partial charge in [-0.1, -0.05) is 6.07 Å². The van der Waals surface area contributed by atoms with E-state index in [2.05, 4.69) is 20.8 Å². The molecule has 2 aliphatic rings. The number of rotatable bonds is 4. The van der Waals surface area contributed by atoms with E-state index in [4.69, 9.17) is 0 Å². The van der Waals surface area contributed by atoms with E-state index in [1.165, 1.54) is 25.9 Å². The molecule has 132 valence electrons. The average molecular weight is 348 g/mol. The molecule has 1 aromatic carbocycles. The van der Waals surface area contributed by atoms with Gasteiger partial charge in [0.2, 0.25) is 0 Å². The van der Waals surface area contributed by atoms with Crippen molar-refractivity contribution < 1.29 is 4.79 Å². The number of carbonyl (C=O) groups is 1. The Balaban J connectivity index is 1.77. The SMILES string of the molecule is CN(C)c1cccc(C(=O)N2CCCSC[C@@H]2CN2CCCC2)c1. The zero-order valence-corrected chi connectivity index (χ0v) is 15.7. The summed E-state index contributed by atoms with van der Waals surface area (Å²) in [4.78, 5) is 19.9. The summed E-state index contributed by atoms with van der Waals surface area (Å²) in [7, 11) is 4.03. The Kier molecular flexibility index (Phi) is 6.06. The molecule has 0 aromatic heterocycles. The summed E-state index contributed by atoms with van der Waals surface area (Å²) in [5.41, 5.74) is 1.90. The lowest BCUT2D eigenvalue weighted by atomic mass is 10.1. The molecule has 1 atom stereocenters. The minimum atomic E-state index is 0.199. The Labute approximate surface area is 150 Å². The largest absolute Gasteiger partial charge is 0.378 e. The summed E-state index contributed by atoms with van der Waals surface area (Å²) in [6.45, 7) is 4.31. The molecular weight excluding hydrogens is 318 g/mol. The Hall–Kier alpha value is -1.20. The van der Waals surface area contributed by atoms with Crippen LogP contribution >= 0.6 is 11.8 Å². The summed E-state index contributed by atoms with van der Waals surface area (Å²) < 4.78 is 0. The molecule has 0 spiro atoms. The molecule has 0 aliphatic carbocycles. The molecule has 0 radical (unpaired) electrons. The summed E-state index contributed by atoms with van der Waals surface area (Å²) >= 11 is 2.00. The lowest BCUT2D eigenvalue weighted by Crippen LogP contribution is -2.47. The first-order valence-corrected chi connectivity index (χ1v) is 10.2. The second-order valence-corrected chi connectivity index (χ2v) is 8.18. The van der Waals surface area contributed by atoms with Crippen molar-refractivity contribution in [1.29, 1.82) is 0 Å². The topological polar surface area (TPSA) is 26.8 Å². The number of hydrogen-bond donors (Lipinski definition) is 0. The van der Waals surface area contributed by atoms with Crippen molar-refractivity contribution in [3.8, 4) is 0 Å². The monoisotopic (exact) mass is 347 g/mol. The Bertz CT molecular complexity index is 557. The van der Waals surface area contributed by atoms with Gasteiger partial charge in [-0.05, 0) is 56.3 Å². The van der Waals surface area contributed by atoms with Crippen molar-refractivity contribution in [1.82, 2.24) is 9.80 Å². The summed E-state index contributed by atoms with van der Waals surface area (Å²) in [6, 6.07) is 8.36. The van der Waals surface area contributed by atoms with E-state index in [1.54, 1.807) is 0 Å². The zero-order valence-electron chi connectivity index (χ0n) is 14.9. The predicted octanol–water partition coefficient (Wildman–Crippen LogP) is 2.80. The lowest BCUT2D eigenvalue weighted by Gasteiger charge is -2.33. The molecule has 0 bridgehead atoms. The van der Waals surface area contributed by atoms with Crippen LogP contribution in [0.2, 0.25) is 0 Å². The number of thioether (sulfide) groups is 1. The standard InChI is InChI=1S/C19H29N3OS/c1-20(2)17-8-5-7-16(13-17)19(23)22-11-6-12-24-15-18(22)14-21-9-3-4-10-21/h5,7-8,13,18H,3-4,6,9-12,14-15H2,1-2H3/t18-/m0/s1. The first-order valence-electron chi connectivity index (χ1n) is 9.03. The van der Waals surface area contributed by atoms with Gasteiger partial charge in [-0.2, -0.15) is 11.8 Å². The van der Waals surface area contributed by atoms with Gasteiger partial charge in [0.25, 0.3) is 5.91 Å². The van der Waals surface area contributed by atoms with Crippen LogP contribution in [0.4, 0.5) is 5.69 Å². The third-order valence-electron chi connectivity index (χ3n) is 4.98. The maximum Gasteiger partial charge on any atom is 0.254 e. The lowest BCUT2D eigenvalue weighted by molar-refractivity contribution is 0.0666. The number of hydrogen-bond acceptors (Lipinski definition) is 4. The van der Waals surface area contributed by atoms with Crippen LogP contribution in [0, 0.1) is 0 Å². The van der Waals surface area contributed by atoms with E-state index in [1.807, 2.05) is 44.1 Å². The third-order valence-corrected chi connectivity index (χ3v) is 6.17. The summed E-state index contributed by atoms with van der Waals surface area (Å²) in [5, 5.41) is 0. The number of nitrogens with zero attached hydrogens (tertiary/aromatic N) is 3. The first kappa shape index (κ1) is 17.6. The predicted molar refractivity (Wildman–Crippen MR) is 103 cm³/mol. The van der Waals surface area contributed by atoms with E-state index in [0.29, 0.717) is 6.04 Å². The Morgan fingerprint density at radius 3 is 2.75 bits per heavy atom. The highest BCUT2D eigenvalue weighted by Gasteiger charge is 2.29. The minimum Gasteiger partial charge on any atom is -0.378 e. The minimum absolute atomic E-state index is 0.199. The van der Waals surface area contributed by atoms with Crippen molar-refractivity contribution in [2.75, 3.05) is 56.7 Å². The highest BCUT2D eigenvalue weighted by atomic mass is 32.2. The molecule has 2 aliphatic heterocycles. The highest BCUT2D eigenvalue weighted by Crippen LogP contribution is 2.22. The molecule has 0 saturated carbocycles. The molecule has 1 amide bonds. The van der Waals surface area contributed by atoms with Crippen molar-refractivity contribution in [3.05, 3.63) is 29.8 Å². The maximum absolute atomic E-state index is 13.2. The maximum atomic E-state index is 13.2.